The highest BCUT2D eigenvalue weighted by Crippen LogP contribution is 2.67. The van der Waals surface area contributed by atoms with Crippen LogP contribution >= 0.6 is 0 Å². The van der Waals surface area contributed by atoms with Gasteiger partial charge >= 0.3 is 0 Å². The van der Waals surface area contributed by atoms with E-state index in [2.05, 4.69) is 113 Å². The molecule has 224 valence electrons. The molecule has 2 aromatic carbocycles. The van der Waals surface area contributed by atoms with Crippen LogP contribution in [0.25, 0.3) is 0 Å². The van der Waals surface area contributed by atoms with Crippen molar-refractivity contribution >= 4 is 19.4 Å². The zero-order valence-corrected chi connectivity index (χ0v) is 28.4. The smallest absolute Gasteiger partial charge is 0.0546 e. The molecule has 0 amide bonds. The van der Waals surface area contributed by atoms with Crippen LogP contribution in [-0.4, -0.2) is 36.3 Å². The minimum atomic E-state index is -1.50. The van der Waals surface area contributed by atoms with E-state index in [-0.39, 0.29) is 0 Å². The Morgan fingerprint density at radius 2 is 0.902 bits per heavy atom. The zero-order valence-electron chi connectivity index (χ0n) is 27.4. The number of hydrogen-bond donors (Lipinski definition) is 0. The Morgan fingerprint density at radius 3 is 1.24 bits per heavy atom. The second-order valence-corrected chi connectivity index (χ2v) is 21.0. The normalized spacial score (nSPS) is 37.0. The molecule has 0 radical (unpaired) electrons. The molecule has 0 saturated heterocycles. The summed E-state index contributed by atoms with van der Waals surface area (Å²) in [6, 6.07) is 19.3. The fourth-order valence-corrected chi connectivity index (χ4v) is 18.5. The van der Waals surface area contributed by atoms with Gasteiger partial charge in [0.2, 0.25) is 0 Å². The highest BCUT2D eigenvalue weighted by molar-refractivity contribution is 6.80. The molecule has 41 heavy (non-hydrogen) atoms. The molecule has 4 aliphatic rings. The molecule has 2 nitrogen and oxygen atoms in total. The van der Waals surface area contributed by atoms with Crippen LogP contribution in [0.1, 0.15) is 88.2 Å². The molecule has 4 fully saturated rings. The fourth-order valence-electron chi connectivity index (χ4n) is 11.8. The first-order chi connectivity index (χ1) is 19.6. The van der Waals surface area contributed by atoms with E-state index in [9.17, 15) is 0 Å². The molecule has 10 atom stereocenters. The lowest BCUT2D eigenvalue weighted by Gasteiger charge is -2.49. The predicted molar refractivity (Wildman–Crippen MR) is 181 cm³/mol. The van der Waals surface area contributed by atoms with Crippen molar-refractivity contribution in [3.05, 3.63) is 59.7 Å². The lowest BCUT2D eigenvalue weighted by Crippen LogP contribution is -2.47. The van der Waals surface area contributed by atoms with Crippen molar-refractivity contribution in [3.8, 4) is 0 Å². The van der Waals surface area contributed by atoms with Crippen molar-refractivity contribution in [3.63, 3.8) is 0 Å². The van der Waals surface area contributed by atoms with Gasteiger partial charge in [0, 0.05) is 39.6 Å². The van der Waals surface area contributed by atoms with Crippen molar-refractivity contribution < 1.29 is 0 Å². The Labute approximate surface area is 253 Å². The van der Waals surface area contributed by atoms with E-state index in [0.29, 0.717) is 0 Å². The molecule has 2 aromatic rings. The van der Waals surface area contributed by atoms with Crippen LogP contribution in [0.5, 0.6) is 0 Å². The van der Waals surface area contributed by atoms with Gasteiger partial charge in [-0.25, -0.2) is 0 Å². The molecule has 0 spiro atoms. The number of fused-ring (bicyclic) bond motifs is 2. The van der Waals surface area contributed by atoms with Crippen molar-refractivity contribution in [1.29, 1.82) is 0 Å². The Bertz CT molecular complexity index is 1080. The molecule has 4 aliphatic carbocycles. The zero-order chi connectivity index (χ0) is 29.1. The quantitative estimate of drug-likeness (QED) is 0.319. The summed E-state index contributed by atoms with van der Waals surface area (Å²) in [4.78, 5) is 4.47. The number of anilines is 2. The van der Waals surface area contributed by atoms with Crippen LogP contribution < -0.4 is 9.80 Å². The van der Waals surface area contributed by atoms with Gasteiger partial charge in [-0.2, -0.15) is 0 Å². The lowest BCUT2D eigenvalue weighted by atomic mass is 9.71. The fraction of sp³-hybridized carbons (Fsp3) is 0.684. The van der Waals surface area contributed by atoms with Gasteiger partial charge in [-0.1, -0.05) is 76.9 Å². The van der Waals surface area contributed by atoms with E-state index in [4.69, 9.17) is 0 Å². The Kier molecular flexibility index (Phi) is 8.15. The second-order valence-electron chi connectivity index (χ2n) is 16.0. The predicted octanol–water partition coefficient (Wildman–Crippen LogP) is 10.0. The van der Waals surface area contributed by atoms with E-state index >= 15 is 0 Å². The average Bonchev–Trinajstić information content (AvgIpc) is 3.49. The van der Waals surface area contributed by atoms with Crippen LogP contribution in [0.3, 0.4) is 0 Å². The molecule has 3 heteroatoms. The third-order valence-electron chi connectivity index (χ3n) is 13.1. The monoisotopic (exact) mass is 570 g/mol. The molecule has 0 heterocycles. The summed E-state index contributed by atoms with van der Waals surface area (Å²) in [6.07, 6.45) is 11.6. The van der Waals surface area contributed by atoms with E-state index in [1.54, 1.807) is 11.1 Å². The van der Waals surface area contributed by atoms with Gasteiger partial charge in [0.1, 0.15) is 0 Å². The summed E-state index contributed by atoms with van der Waals surface area (Å²) in [7, 11) is 7.13. The van der Waals surface area contributed by atoms with Gasteiger partial charge in [0.25, 0.3) is 0 Å². The Morgan fingerprint density at radius 1 is 0.537 bits per heavy atom. The average molecular weight is 571 g/mol. The Balaban J connectivity index is 1.24. The van der Waals surface area contributed by atoms with Gasteiger partial charge in [-0.15, -0.1) is 0 Å². The van der Waals surface area contributed by atoms with Crippen LogP contribution in [0.2, 0.25) is 24.2 Å². The maximum Gasteiger partial charge on any atom is 0.0546 e. The lowest BCUT2D eigenvalue weighted by molar-refractivity contribution is 0.226. The molecular weight excluding hydrogens is 513 g/mol. The van der Waals surface area contributed by atoms with E-state index in [0.717, 1.165) is 58.4 Å². The number of benzene rings is 2. The second kappa shape index (κ2) is 11.4. The third-order valence-corrected chi connectivity index (χ3v) is 18.5. The molecule has 10 unspecified atom stereocenters. The summed E-state index contributed by atoms with van der Waals surface area (Å²) >= 11 is 0. The standard InChI is InChI=1S/C38H58N2Si/c1-25-23-35-31(27-15-19-29(20-16-27)39(3)4)11-9-13-33(35)37(25)41(7,8)38-26(2)24-36-32(12-10-14-34(36)38)28-17-21-30(22-18-28)40(5)6/h15-22,25-26,31-38H,9-14,23-24H2,1-8H3. The van der Waals surface area contributed by atoms with Crippen LogP contribution in [-0.2, 0) is 0 Å². The minimum Gasteiger partial charge on any atom is -0.378 e. The van der Waals surface area contributed by atoms with Crippen LogP contribution in [0, 0.1) is 35.5 Å². The SMILES string of the molecule is CC1CC2C(c3ccc(N(C)C)cc3)CCCC2C1[Si](C)(C)C1C(C)CC2C(c3ccc(N(C)C)cc3)CCCC21. The molecule has 0 aromatic heterocycles. The molecule has 0 N–H and O–H groups in total. The summed E-state index contributed by atoms with van der Waals surface area (Å²) < 4.78 is 0. The maximum atomic E-state index is 2.88. The van der Waals surface area contributed by atoms with Gasteiger partial charge in [-0.05, 0) is 120 Å². The first-order valence-corrected chi connectivity index (χ1v) is 20.3. The van der Waals surface area contributed by atoms with Gasteiger partial charge in [0.05, 0.1) is 8.07 Å². The number of hydrogen-bond acceptors (Lipinski definition) is 2. The van der Waals surface area contributed by atoms with Crippen molar-refractivity contribution in [2.75, 3.05) is 38.0 Å². The topological polar surface area (TPSA) is 6.48 Å². The number of rotatable bonds is 6. The number of nitrogens with zero attached hydrogens (tertiary/aromatic N) is 2. The van der Waals surface area contributed by atoms with Crippen molar-refractivity contribution in [1.82, 2.24) is 0 Å². The van der Waals surface area contributed by atoms with Crippen molar-refractivity contribution in [2.45, 2.75) is 101 Å². The third kappa shape index (κ3) is 5.21. The van der Waals surface area contributed by atoms with Gasteiger partial charge in [0.15, 0.2) is 0 Å². The van der Waals surface area contributed by atoms with Gasteiger partial charge < -0.3 is 9.80 Å². The Hall–Kier alpha value is -1.74. The van der Waals surface area contributed by atoms with E-state index in [1.807, 2.05) is 0 Å². The first kappa shape index (κ1) is 29.3. The summed E-state index contributed by atoms with van der Waals surface area (Å²) in [5.41, 5.74) is 7.92. The molecule has 4 saturated carbocycles. The molecular formula is C38H58N2Si. The van der Waals surface area contributed by atoms with Gasteiger partial charge in [-0.3, -0.25) is 0 Å². The summed E-state index contributed by atoms with van der Waals surface area (Å²) in [5, 5.41) is 0. The highest BCUT2D eigenvalue weighted by atomic mass is 28.3. The maximum absolute atomic E-state index is 2.88. The molecule has 0 bridgehead atoms. The van der Waals surface area contributed by atoms with E-state index in [1.165, 1.54) is 62.7 Å². The molecule has 0 aliphatic heterocycles. The van der Waals surface area contributed by atoms with Crippen LogP contribution in [0.4, 0.5) is 11.4 Å². The summed E-state index contributed by atoms with van der Waals surface area (Å²) in [6.45, 7) is 11.1. The molecule has 6 rings (SSSR count). The highest BCUT2D eigenvalue weighted by Gasteiger charge is 2.59. The van der Waals surface area contributed by atoms with E-state index < -0.39 is 8.07 Å². The largest absolute Gasteiger partial charge is 0.378 e. The minimum absolute atomic E-state index is 0.778. The van der Waals surface area contributed by atoms with Crippen LogP contribution in [0.15, 0.2) is 48.5 Å². The summed E-state index contributed by atoms with van der Waals surface area (Å²) in [5.74, 6) is 7.09. The first-order valence-electron chi connectivity index (χ1n) is 17.1. The van der Waals surface area contributed by atoms with Crippen molar-refractivity contribution in [2.24, 2.45) is 35.5 Å².